The molecule has 0 aliphatic carbocycles. The first kappa shape index (κ1) is 20.5. The van der Waals surface area contributed by atoms with Gasteiger partial charge in [-0.2, -0.15) is 4.31 Å². The molecule has 1 N–H and O–H groups in total. The molecule has 0 amide bonds. The largest absolute Gasteiger partial charge is 0.496 e. The summed E-state index contributed by atoms with van der Waals surface area (Å²) in [4.78, 5) is 11.7. The van der Waals surface area contributed by atoms with E-state index in [4.69, 9.17) is 27.9 Å². The average molecular weight is 418 g/mol. The SMILES string of the molecule is COc1ccc(Cl)cc1C[C@H](C(=O)O)N(C)S(=O)(=O)c1ccc(Cl)cc1. The monoisotopic (exact) mass is 417 g/mol. The van der Waals surface area contributed by atoms with Crippen molar-refractivity contribution in [3.63, 3.8) is 0 Å². The zero-order valence-corrected chi connectivity index (χ0v) is 16.3. The number of ether oxygens (including phenoxy) is 1. The lowest BCUT2D eigenvalue weighted by Gasteiger charge is -2.25. The van der Waals surface area contributed by atoms with Gasteiger partial charge in [-0.1, -0.05) is 23.2 Å². The van der Waals surface area contributed by atoms with Gasteiger partial charge in [0.15, 0.2) is 0 Å². The molecule has 140 valence electrons. The summed E-state index contributed by atoms with van der Waals surface area (Å²) in [5.41, 5.74) is 0.491. The zero-order valence-electron chi connectivity index (χ0n) is 14.0. The quantitative estimate of drug-likeness (QED) is 0.746. The molecule has 0 unspecified atom stereocenters. The van der Waals surface area contributed by atoms with Gasteiger partial charge in [0.05, 0.1) is 12.0 Å². The van der Waals surface area contributed by atoms with E-state index in [1.807, 2.05) is 0 Å². The standard InChI is InChI=1S/C17H17Cl2NO5S/c1-20(26(23,24)14-6-3-12(18)4-7-14)15(17(21)22)10-11-9-13(19)5-8-16(11)25-2/h3-9,15H,10H2,1-2H3,(H,21,22)/t15-/m1/s1. The third-order valence-electron chi connectivity index (χ3n) is 3.87. The van der Waals surface area contributed by atoms with E-state index in [1.165, 1.54) is 38.4 Å². The maximum atomic E-state index is 12.8. The fourth-order valence-corrected chi connectivity index (χ4v) is 4.06. The molecule has 0 heterocycles. The minimum Gasteiger partial charge on any atom is -0.496 e. The lowest BCUT2D eigenvalue weighted by atomic mass is 10.1. The topological polar surface area (TPSA) is 83.9 Å². The lowest BCUT2D eigenvalue weighted by Crippen LogP contribution is -2.43. The number of carboxylic acids is 1. The number of benzene rings is 2. The van der Waals surface area contributed by atoms with Gasteiger partial charge >= 0.3 is 5.97 Å². The normalized spacial score (nSPS) is 12.8. The maximum absolute atomic E-state index is 12.8. The van der Waals surface area contributed by atoms with Gasteiger partial charge in [-0.3, -0.25) is 4.79 Å². The average Bonchev–Trinajstić information content (AvgIpc) is 2.59. The molecule has 0 radical (unpaired) electrons. The molecule has 0 aliphatic heterocycles. The second-order valence-corrected chi connectivity index (χ2v) is 8.36. The Balaban J connectivity index is 2.39. The summed E-state index contributed by atoms with van der Waals surface area (Å²) in [6, 6.07) is 8.93. The van der Waals surface area contributed by atoms with E-state index in [0.717, 1.165) is 4.31 Å². The number of hydrogen-bond donors (Lipinski definition) is 1. The van der Waals surface area contributed by atoms with E-state index in [9.17, 15) is 18.3 Å². The number of nitrogens with zero attached hydrogens (tertiary/aromatic N) is 1. The van der Waals surface area contributed by atoms with Gasteiger partial charge in [0, 0.05) is 23.5 Å². The predicted molar refractivity (Wildman–Crippen MR) is 99.5 cm³/mol. The van der Waals surface area contributed by atoms with Gasteiger partial charge in [0.25, 0.3) is 0 Å². The van der Waals surface area contributed by atoms with Crippen molar-refractivity contribution in [2.45, 2.75) is 17.4 Å². The van der Waals surface area contributed by atoms with Crippen molar-refractivity contribution in [2.24, 2.45) is 0 Å². The van der Waals surface area contributed by atoms with Crippen LogP contribution in [0.15, 0.2) is 47.4 Å². The number of halogens is 2. The molecule has 2 aromatic rings. The Morgan fingerprint density at radius 3 is 2.27 bits per heavy atom. The number of carbonyl (C=O) groups is 1. The highest BCUT2D eigenvalue weighted by Crippen LogP contribution is 2.27. The molecule has 0 bridgehead atoms. The van der Waals surface area contributed by atoms with Gasteiger partial charge in [-0.05, 0) is 48.0 Å². The van der Waals surface area contributed by atoms with Crippen LogP contribution in [0.5, 0.6) is 5.75 Å². The summed E-state index contributed by atoms with van der Waals surface area (Å²) in [6.45, 7) is 0. The summed E-state index contributed by atoms with van der Waals surface area (Å²) in [6.07, 6.45) is -0.109. The van der Waals surface area contributed by atoms with Crippen LogP contribution < -0.4 is 4.74 Å². The molecule has 0 aromatic heterocycles. The van der Waals surface area contributed by atoms with Crippen LogP contribution in [0.3, 0.4) is 0 Å². The van der Waals surface area contributed by atoms with Gasteiger partial charge in [0.2, 0.25) is 10.0 Å². The number of carboxylic acid groups (broad SMARTS) is 1. The van der Waals surface area contributed by atoms with E-state index in [0.29, 0.717) is 21.4 Å². The molecule has 0 spiro atoms. The fraction of sp³-hybridized carbons (Fsp3) is 0.235. The van der Waals surface area contributed by atoms with Crippen molar-refractivity contribution >= 4 is 39.2 Å². The minimum absolute atomic E-state index is 0.0475. The molecule has 0 saturated heterocycles. The first-order valence-electron chi connectivity index (χ1n) is 7.45. The Labute approximate surface area is 162 Å². The number of likely N-dealkylation sites (N-methyl/N-ethyl adjacent to an activating group) is 1. The molecule has 0 aliphatic rings. The third kappa shape index (κ3) is 4.48. The Morgan fingerprint density at radius 1 is 1.15 bits per heavy atom. The van der Waals surface area contributed by atoms with E-state index in [-0.39, 0.29) is 11.3 Å². The summed E-state index contributed by atoms with van der Waals surface area (Å²) in [5.74, 6) is -0.856. The third-order valence-corrected chi connectivity index (χ3v) is 6.24. The van der Waals surface area contributed by atoms with E-state index in [1.54, 1.807) is 18.2 Å². The van der Waals surface area contributed by atoms with E-state index < -0.39 is 22.0 Å². The molecule has 0 fully saturated rings. The highest BCUT2D eigenvalue weighted by atomic mass is 35.5. The Bertz CT molecular complexity index is 900. The summed E-state index contributed by atoms with van der Waals surface area (Å²) < 4.78 is 31.6. The van der Waals surface area contributed by atoms with Gasteiger partial charge in [-0.15, -0.1) is 0 Å². The second kappa shape index (κ2) is 8.26. The van der Waals surface area contributed by atoms with Crippen LogP contribution in [0.25, 0.3) is 0 Å². The molecule has 2 rings (SSSR count). The molecule has 6 nitrogen and oxygen atoms in total. The maximum Gasteiger partial charge on any atom is 0.322 e. The highest BCUT2D eigenvalue weighted by molar-refractivity contribution is 7.89. The van der Waals surface area contributed by atoms with E-state index >= 15 is 0 Å². The molecule has 1 atom stereocenters. The van der Waals surface area contributed by atoms with Crippen LogP contribution in [0.2, 0.25) is 10.0 Å². The van der Waals surface area contributed by atoms with Crippen molar-refractivity contribution in [1.82, 2.24) is 4.31 Å². The summed E-state index contributed by atoms with van der Waals surface area (Å²) >= 11 is 11.8. The van der Waals surface area contributed by atoms with Crippen molar-refractivity contribution in [2.75, 3.05) is 14.2 Å². The van der Waals surface area contributed by atoms with Crippen LogP contribution in [0, 0.1) is 0 Å². The number of rotatable bonds is 7. The van der Waals surface area contributed by atoms with Gasteiger partial charge < -0.3 is 9.84 Å². The lowest BCUT2D eigenvalue weighted by molar-refractivity contribution is -0.141. The second-order valence-electron chi connectivity index (χ2n) is 5.49. The van der Waals surface area contributed by atoms with Crippen LogP contribution in [-0.2, 0) is 21.2 Å². The molecular formula is C17H17Cl2NO5S. The molecule has 26 heavy (non-hydrogen) atoms. The Hall–Kier alpha value is -1.80. The van der Waals surface area contributed by atoms with Crippen LogP contribution in [-0.4, -0.2) is 44.0 Å². The predicted octanol–water partition coefficient (Wildman–Crippen LogP) is 3.32. The van der Waals surface area contributed by atoms with Crippen molar-refractivity contribution in [1.29, 1.82) is 0 Å². The Morgan fingerprint density at radius 2 is 1.73 bits per heavy atom. The first-order valence-corrected chi connectivity index (χ1v) is 9.65. The van der Waals surface area contributed by atoms with Gasteiger partial charge in [0.1, 0.15) is 11.8 Å². The first-order chi connectivity index (χ1) is 12.2. The van der Waals surface area contributed by atoms with E-state index in [2.05, 4.69) is 0 Å². The smallest absolute Gasteiger partial charge is 0.322 e. The van der Waals surface area contributed by atoms with Crippen molar-refractivity contribution in [3.8, 4) is 5.75 Å². The molecule has 2 aromatic carbocycles. The molecule has 0 saturated carbocycles. The zero-order chi connectivity index (χ0) is 19.5. The number of methoxy groups -OCH3 is 1. The number of hydrogen-bond acceptors (Lipinski definition) is 4. The summed E-state index contributed by atoms with van der Waals surface area (Å²) in [5, 5.41) is 10.4. The van der Waals surface area contributed by atoms with Crippen molar-refractivity contribution in [3.05, 3.63) is 58.1 Å². The van der Waals surface area contributed by atoms with Crippen LogP contribution in [0.1, 0.15) is 5.56 Å². The molecular weight excluding hydrogens is 401 g/mol. The summed E-state index contributed by atoms with van der Waals surface area (Å²) in [7, 11) is -1.37. The Kier molecular flexibility index (Phi) is 6.52. The van der Waals surface area contributed by atoms with Gasteiger partial charge in [-0.25, -0.2) is 8.42 Å². The number of aliphatic carboxylic acids is 1. The van der Waals surface area contributed by atoms with Crippen LogP contribution in [0.4, 0.5) is 0 Å². The molecule has 9 heteroatoms. The highest BCUT2D eigenvalue weighted by Gasteiger charge is 2.33. The fourth-order valence-electron chi connectivity index (χ4n) is 2.43. The van der Waals surface area contributed by atoms with Crippen molar-refractivity contribution < 1.29 is 23.1 Å². The minimum atomic E-state index is -4.03. The number of sulfonamides is 1. The van der Waals surface area contributed by atoms with Crippen LogP contribution >= 0.6 is 23.2 Å².